The van der Waals surface area contributed by atoms with Crippen LogP contribution in [0, 0.1) is 10.2 Å². The van der Waals surface area contributed by atoms with Crippen LogP contribution in [0.4, 0.5) is 0 Å². The molecule has 9 rings (SSSR count). The molecule has 0 saturated carbocycles. The van der Waals surface area contributed by atoms with Crippen LogP contribution in [0.15, 0.2) is 92.2 Å². The molecule has 2 aliphatic heterocycles. The smallest absolute Gasteiger partial charge is 0.191 e. The first-order valence-electron chi connectivity index (χ1n) is 19.3. The molecule has 4 aromatic rings. The quantitative estimate of drug-likeness (QED) is 0.185. The summed E-state index contributed by atoms with van der Waals surface area (Å²) in [4.78, 5) is 23.0. The molecule has 5 aliphatic rings. The minimum absolute atomic E-state index is 0.0584. The number of nitriles is 1. The van der Waals surface area contributed by atoms with Gasteiger partial charge in [0.05, 0.1) is 24.2 Å². The molecule has 0 fully saturated rings. The summed E-state index contributed by atoms with van der Waals surface area (Å²) in [5.41, 5.74) is 29.0. The van der Waals surface area contributed by atoms with E-state index in [-0.39, 0.29) is 16.6 Å². The van der Waals surface area contributed by atoms with Gasteiger partial charge in [0.1, 0.15) is 11.3 Å². The van der Waals surface area contributed by atoms with E-state index in [1.807, 2.05) is 19.4 Å². The lowest BCUT2D eigenvalue weighted by Crippen LogP contribution is -2.53. The van der Waals surface area contributed by atoms with Gasteiger partial charge in [-0.3, -0.25) is 9.98 Å². The topological polar surface area (TPSA) is 171 Å². The van der Waals surface area contributed by atoms with Crippen molar-refractivity contribution < 1.29 is 0 Å². The second kappa shape index (κ2) is 18.4. The van der Waals surface area contributed by atoms with E-state index >= 15 is 0 Å². The van der Waals surface area contributed by atoms with Gasteiger partial charge in [-0.15, -0.1) is 0 Å². The normalized spacial score (nSPS) is 23.9. The highest BCUT2D eigenvalue weighted by Gasteiger charge is 2.44. The molecule has 0 bridgehead atoms. The molecule has 7 N–H and O–H groups in total. The molecule has 300 valence electrons. The van der Waals surface area contributed by atoms with Crippen LogP contribution in [0.3, 0.4) is 0 Å². The molecule has 3 aromatic carbocycles. The Morgan fingerprint density at radius 1 is 0.737 bits per heavy atom. The molecule has 1 aromatic heterocycles. The van der Waals surface area contributed by atoms with Gasteiger partial charge in [-0.1, -0.05) is 74.3 Å². The van der Waals surface area contributed by atoms with Crippen molar-refractivity contribution in [2.45, 2.75) is 74.4 Å². The standard InChI is InChI=1S/C17H19N5.C13H16BrN3.C12H17BrN2.CBrN/c1-22-16(18)21-10-17(22)6-5-15-12(7-17)3-2-4-14(15)13-8-19-11-20-9-13;1-17-12(15)16-8-13(17)6-5-10-9(7-13)3-2-4-11(10)14;1-15-12(8-14)6-5-10-9(7-12)3-2-4-11(10)13;2-1-3/h2-4,8-9,11H,5-7,10H2,1H3,(H2,18,21);2-4H,5-8H2,1H3,(H2,15,16);2-4,15H,5-8,14H2,1H3;. The van der Waals surface area contributed by atoms with E-state index in [2.05, 4.69) is 152 Å². The summed E-state index contributed by atoms with van der Waals surface area (Å²) in [5.74, 6) is 1.35. The maximum Gasteiger partial charge on any atom is 0.191 e. The molecule has 0 radical (unpaired) electrons. The highest BCUT2D eigenvalue weighted by atomic mass is 79.9. The number of likely N-dealkylation sites (N-methyl/N-ethyl adjacent to an activating group) is 3. The van der Waals surface area contributed by atoms with Crippen LogP contribution in [-0.2, 0) is 38.5 Å². The molecule has 57 heavy (non-hydrogen) atoms. The van der Waals surface area contributed by atoms with Crippen LogP contribution >= 0.6 is 47.8 Å². The third-order valence-electron chi connectivity index (χ3n) is 12.8. The van der Waals surface area contributed by atoms with Gasteiger partial charge in [0, 0.05) is 69.0 Å². The van der Waals surface area contributed by atoms with Crippen molar-refractivity contribution in [3.63, 3.8) is 0 Å². The number of hydrogen-bond donors (Lipinski definition) is 4. The van der Waals surface area contributed by atoms with Crippen LogP contribution in [0.5, 0.6) is 0 Å². The van der Waals surface area contributed by atoms with Crippen LogP contribution in [0.1, 0.15) is 52.6 Å². The Hall–Kier alpha value is -3.87. The summed E-state index contributed by atoms with van der Waals surface area (Å²) in [6, 6.07) is 19.4. The van der Waals surface area contributed by atoms with Crippen LogP contribution in [0.25, 0.3) is 11.1 Å². The van der Waals surface area contributed by atoms with Crippen LogP contribution in [-0.4, -0.2) is 89.1 Å². The Kier molecular flexibility index (Phi) is 13.8. The largest absolute Gasteiger partial charge is 0.370 e. The maximum atomic E-state index is 7.24. The molecule has 0 amide bonds. The summed E-state index contributed by atoms with van der Waals surface area (Å²) < 4.78 is 2.47. The number of hydrogen-bond acceptors (Lipinski definition) is 11. The number of nitrogens with one attached hydrogen (secondary N) is 1. The zero-order valence-corrected chi connectivity index (χ0v) is 37.7. The zero-order valence-electron chi connectivity index (χ0n) is 32.9. The molecule has 14 heteroatoms. The van der Waals surface area contributed by atoms with E-state index in [0.717, 1.165) is 76.4 Å². The first-order valence-corrected chi connectivity index (χ1v) is 21.7. The van der Waals surface area contributed by atoms with Crippen molar-refractivity contribution in [2.75, 3.05) is 40.8 Å². The molecule has 3 heterocycles. The van der Waals surface area contributed by atoms with E-state index in [1.54, 1.807) is 11.3 Å². The number of nitrogens with two attached hydrogens (primary N) is 3. The molecule has 3 aliphatic carbocycles. The van der Waals surface area contributed by atoms with Gasteiger partial charge < -0.3 is 32.3 Å². The molecular formula is C43H52Br3N11. The second-order valence-corrected chi connectivity index (χ2v) is 17.7. The van der Waals surface area contributed by atoms with Gasteiger partial charge in [0.2, 0.25) is 0 Å². The highest BCUT2D eigenvalue weighted by Crippen LogP contribution is 2.40. The summed E-state index contributed by atoms with van der Waals surface area (Å²) >= 11 is 9.70. The van der Waals surface area contributed by atoms with Gasteiger partial charge in [0.25, 0.3) is 0 Å². The van der Waals surface area contributed by atoms with Crippen molar-refractivity contribution in [1.82, 2.24) is 25.1 Å². The summed E-state index contributed by atoms with van der Waals surface area (Å²) in [5, 5.41) is 10.6. The summed E-state index contributed by atoms with van der Waals surface area (Å²) in [6.07, 6.45) is 15.0. The number of aromatic nitrogens is 2. The first kappa shape index (κ1) is 42.7. The van der Waals surface area contributed by atoms with Gasteiger partial charge >= 0.3 is 0 Å². The number of fused-ring (bicyclic) bond motifs is 3. The number of aliphatic imine (C=N–C) groups is 2. The first-order chi connectivity index (χ1) is 27.4. The second-order valence-electron chi connectivity index (χ2n) is 15.6. The minimum Gasteiger partial charge on any atom is -0.370 e. The summed E-state index contributed by atoms with van der Waals surface area (Å²) in [6.45, 7) is 2.34. The average Bonchev–Trinajstić information content (AvgIpc) is 3.66. The predicted molar refractivity (Wildman–Crippen MR) is 241 cm³/mol. The minimum atomic E-state index is 0.0584. The average molecular weight is 963 g/mol. The molecule has 0 saturated heterocycles. The van der Waals surface area contributed by atoms with Crippen LogP contribution < -0.4 is 22.5 Å². The fourth-order valence-corrected chi connectivity index (χ4v) is 10.2. The van der Waals surface area contributed by atoms with Crippen molar-refractivity contribution >= 4 is 59.7 Å². The van der Waals surface area contributed by atoms with Crippen molar-refractivity contribution in [3.8, 4) is 16.1 Å². The van der Waals surface area contributed by atoms with Crippen LogP contribution in [0.2, 0.25) is 0 Å². The number of guanidine groups is 2. The van der Waals surface area contributed by atoms with Gasteiger partial charge in [-0.2, -0.15) is 5.26 Å². The third kappa shape index (κ3) is 8.93. The highest BCUT2D eigenvalue weighted by molar-refractivity contribution is 9.12. The zero-order chi connectivity index (χ0) is 40.8. The number of halogens is 3. The fourth-order valence-electron chi connectivity index (χ4n) is 9.02. The van der Waals surface area contributed by atoms with Crippen molar-refractivity contribution in [2.24, 2.45) is 27.2 Å². The molecule has 3 atom stereocenters. The van der Waals surface area contributed by atoms with E-state index in [9.17, 15) is 0 Å². The number of nitrogens with zero attached hydrogens (tertiary/aromatic N) is 7. The Balaban J connectivity index is 0.000000142. The Morgan fingerprint density at radius 3 is 1.67 bits per heavy atom. The SMILES string of the molecule is CN1C(N)=NCC12CCc1c(Br)cccc1C2.CN1C(N)=NCC12CCc1c(cccc1-c1cncnc1)C2.CNC1(CN)CCc2c(Br)cccc2C1.N#CBr. The Bertz CT molecular complexity index is 2150. The molecule has 2 spiro atoms. The Labute approximate surface area is 362 Å². The number of benzene rings is 3. The van der Waals surface area contributed by atoms with E-state index in [4.69, 9.17) is 22.5 Å². The number of rotatable bonds is 3. The van der Waals surface area contributed by atoms with E-state index < -0.39 is 0 Å². The van der Waals surface area contributed by atoms with Crippen molar-refractivity contribution in [1.29, 1.82) is 5.26 Å². The molecular weight excluding hydrogens is 910 g/mol. The molecule has 11 nitrogen and oxygen atoms in total. The lowest BCUT2D eigenvalue weighted by molar-refractivity contribution is 0.207. The monoisotopic (exact) mass is 959 g/mol. The lowest BCUT2D eigenvalue weighted by atomic mass is 9.75. The van der Waals surface area contributed by atoms with E-state index in [0.29, 0.717) is 18.5 Å². The van der Waals surface area contributed by atoms with Gasteiger partial charge in [-0.25, -0.2) is 9.97 Å². The maximum absolute atomic E-state index is 7.24. The Morgan fingerprint density at radius 2 is 1.19 bits per heavy atom. The van der Waals surface area contributed by atoms with Gasteiger partial charge in [-0.05, 0) is 116 Å². The third-order valence-corrected chi connectivity index (χ3v) is 14.3. The van der Waals surface area contributed by atoms with E-state index in [1.165, 1.54) is 47.9 Å². The van der Waals surface area contributed by atoms with Gasteiger partial charge in [0.15, 0.2) is 11.9 Å². The van der Waals surface area contributed by atoms with Crippen molar-refractivity contribution in [3.05, 3.63) is 116 Å². The lowest BCUT2D eigenvalue weighted by Gasteiger charge is -2.41. The fraction of sp³-hybridized carbons (Fsp3) is 0.419. The summed E-state index contributed by atoms with van der Waals surface area (Å²) in [7, 11) is 6.14. The predicted octanol–water partition coefficient (Wildman–Crippen LogP) is 6.28. The molecule has 3 unspecified atom stereocenters.